The van der Waals surface area contributed by atoms with E-state index in [-0.39, 0.29) is 11.9 Å². The van der Waals surface area contributed by atoms with Crippen LogP contribution < -0.4 is 14.4 Å². The molecule has 0 radical (unpaired) electrons. The smallest absolute Gasteiger partial charge is 0.251 e. The fraction of sp³-hybridized carbons (Fsp3) is 0.458. The van der Waals surface area contributed by atoms with Gasteiger partial charge in [-0.05, 0) is 80.2 Å². The number of amides is 1. The summed E-state index contributed by atoms with van der Waals surface area (Å²) in [6.07, 6.45) is 5.08. The molecule has 0 bridgehead atoms. The summed E-state index contributed by atoms with van der Waals surface area (Å²) in [6, 6.07) is 13.4. The van der Waals surface area contributed by atoms with Gasteiger partial charge in [-0.1, -0.05) is 12.1 Å². The zero-order valence-corrected chi connectivity index (χ0v) is 19.5. The predicted octanol–water partition coefficient (Wildman–Crippen LogP) is 2.97. The highest BCUT2D eigenvalue weighted by Crippen LogP contribution is 2.30. The lowest BCUT2D eigenvalue weighted by molar-refractivity contribution is 0.0938. The number of carbonyl (C=O) groups is 1. The van der Waals surface area contributed by atoms with Crippen LogP contribution in [-0.2, 0) is 16.4 Å². The van der Waals surface area contributed by atoms with Crippen LogP contribution in [0, 0.1) is 0 Å². The Morgan fingerprint density at radius 2 is 1.78 bits per heavy atom. The number of nitrogens with one attached hydrogen (secondary N) is 1. The highest BCUT2D eigenvalue weighted by atomic mass is 32.2. The third-order valence-electron chi connectivity index (χ3n) is 6.36. The Bertz CT molecular complexity index is 1060. The molecule has 2 aromatic carbocycles. The van der Waals surface area contributed by atoms with Crippen molar-refractivity contribution in [2.75, 3.05) is 43.8 Å². The maximum absolute atomic E-state index is 13.0. The molecule has 0 spiro atoms. The monoisotopic (exact) mass is 457 g/mol. The summed E-state index contributed by atoms with van der Waals surface area (Å²) in [7, 11) is -1.67. The van der Waals surface area contributed by atoms with Crippen molar-refractivity contribution >= 4 is 21.6 Å². The molecule has 2 heterocycles. The van der Waals surface area contributed by atoms with Gasteiger partial charge < -0.3 is 10.1 Å². The molecule has 2 aliphatic rings. The molecule has 1 atom stereocenters. The molecule has 4 rings (SSSR count). The molecule has 0 aliphatic carbocycles. The van der Waals surface area contributed by atoms with Crippen molar-refractivity contribution in [2.45, 2.75) is 31.7 Å². The zero-order valence-electron chi connectivity index (χ0n) is 18.7. The fourth-order valence-electron chi connectivity index (χ4n) is 4.68. The van der Waals surface area contributed by atoms with Crippen molar-refractivity contribution in [3.05, 3.63) is 59.2 Å². The van der Waals surface area contributed by atoms with E-state index in [0.29, 0.717) is 24.3 Å². The number of carbonyl (C=O) groups excluding carboxylic acids is 1. The molecule has 0 aromatic heterocycles. The summed E-state index contributed by atoms with van der Waals surface area (Å²) in [6.45, 7) is 3.04. The number of hydrogen-bond donors (Lipinski definition) is 1. The Kier molecular flexibility index (Phi) is 6.71. The second-order valence-electron chi connectivity index (χ2n) is 8.52. The number of anilines is 1. The average Bonchev–Trinajstić information content (AvgIpc) is 3.32. The van der Waals surface area contributed by atoms with Gasteiger partial charge in [-0.3, -0.25) is 14.0 Å². The van der Waals surface area contributed by atoms with Gasteiger partial charge in [0.05, 0.1) is 25.1 Å². The van der Waals surface area contributed by atoms with Crippen LogP contribution in [0.3, 0.4) is 0 Å². The third-order valence-corrected chi connectivity index (χ3v) is 7.54. The Morgan fingerprint density at radius 1 is 1.06 bits per heavy atom. The van der Waals surface area contributed by atoms with E-state index in [0.717, 1.165) is 42.8 Å². The van der Waals surface area contributed by atoms with Gasteiger partial charge in [0.2, 0.25) is 10.0 Å². The number of methoxy groups -OCH3 is 1. The van der Waals surface area contributed by atoms with Crippen LogP contribution in [0.2, 0.25) is 0 Å². The van der Waals surface area contributed by atoms with Crippen LogP contribution in [0.25, 0.3) is 0 Å². The molecule has 172 valence electrons. The van der Waals surface area contributed by atoms with Crippen LogP contribution in [0.15, 0.2) is 42.5 Å². The molecular weight excluding hydrogens is 426 g/mol. The van der Waals surface area contributed by atoms with E-state index >= 15 is 0 Å². The lowest BCUT2D eigenvalue weighted by Crippen LogP contribution is -2.37. The van der Waals surface area contributed by atoms with Crippen molar-refractivity contribution < 1.29 is 17.9 Å². The van der Waals surface area contributed by atoms with Gasteiger partial charge >= 0.3 is 0 Å². The van der Waals surface area contributed by atoms with Crippen molar-refractivity contribution in [3.63, 3.8) is 0 Å². The van der Waals surface area contributed by atoms with E-state index in [1.165, 1.54) is 23.4 Å². The van der Waals surface area contributed by atoms with Gasteiger partial charge in [0.1, 0.15) is 5.75 Å². The number of likely N-dealkylation sites (tertiary alicyclic amines) is 1. The predicted molar refractivity (Wildman–Crippen MR) is 126 cm³/mol. The van der Waals surface area contributed by atoms with Gasteiger partial charge in [-0.25, -0.2) is 8.42 Å². The summed E-state index contributed by atoms with van der Waals surface area (Å²) in [5.74, 6) is 0.678. The maximum Gasteiger partial charge on any atom is 0.251 e. The largest absolute Gasteiger partial charge is 0.497 e. The third kappa shape index (κ3) is 4.91. The Hall–Kier alpha value is -2.58. The molecule has 1 saturated heterocycles. The van der Waals surface area contributed by atoms with Crippen LogP contribution in [0.4, 0.5) is 5.69 Å². The molecule has 1 fully saturated rings. The molecule has 0 saturated carbocycles. The summed E-state index contributed by atoms with van der Waals surface area (Å²) in [4.78, 5) is 15.4. The number of aryl methyl sites for hydroxylation is 1. The minimum absolute atomic E-state index is 0.103. The van der Waals surface area contributed by atoms with E-state index in [1.54, 1.807) is 19.2 Å². The van der Waals surface area contributed by atoms with E-state index < -0.39 is 10.0 Å². The lowest BCUT2D eigenvalue weighted by atomic mass is 10.00. The average molecular weight is 458 g/mol. The molecular formula is C24H31N3O4S. The number of sulfonamides is 1. The first-order valence-corrected chi connectivity index (χ1v) is 13.0. The van der Waals surface area contributed by atoms with E-state index in [2.05, 4.69) is 22.3 Å². The fourth-order valence-corrected chi connectivity index (χ4v) is 5.67. The van der Waals surface area contributed by atoms with Gasteiger partial charge in [0, 0.05) is 18.7 Å². The summed E-state index contributed by atoms with van der Waals surface area (Å²) in [5, 5.41) is 3.11. The Morgan fingerprint density at radius 3 is 2.44 bits per heavy atom. The Balaban J connectivity index is 1.49. The molecule has 32 heavy (non-hydrogen) atoms. The standard InChI is InChI=1S/C24H31N3O4S/c1-31-21-10-7-18(8-11-21)23(26-13-3-4-14-26)17-25-24(28)20-9-12-22-19(16-20)6-5-15-27(22)32(2,29)30/h7-12,16,23H,3-6,13-15,17H2,1-2H3,(H,25,28)/t23-/m0/s1. The van der Waals surface area contributed by atoms with Crippen LogP contribution in [0.5, 0.6) is 5.75 Å². The first-order valence-electron chi connectivity index (χ1n) is 11.1. The second-order valence-corrected chi connectivity index (χ2v) is 10.4. The topological polar surface area (TPSA) is 79.0 Å². The SMILES string of the molecule is COc1ccc([C@H](CNC(=O)c2ccc3c(c2)CCCN3S(C)(=O)=O)N2CCCC2)cc1. The molecule has 1 amide bonds. The van der Waals surface area contributed by atoms with E-state index in [1.807, 2.05) is 18.2 Å². The first kappa shape index (κ1) is 22.6. The van der Waals surface area contributed by atoms with Gasteiger partial charge in [-0.2, -0.15) is 0 Å². The first-order chi connectivity index (χ1) is 15.4. The second kappa shape index (κ2) is 9.50. The molecule has 1 N–H and O–H groups in total. The van der Waals surface area contributed by atoms with Gasteiger partial charge in [-0.15, -0.1) is 0 Å². The number of nitrogens with zero attached hydrogens (tertiary/aromatic N) is 2. The van der Waals surface area contributed by atoms with Crippen LogP contribution in [0.1, 0.15) is 46.8 Å². The maximum atomic E-state index is 13.0. The Labute approximate surface area is 190 Å². The van der Waals surface area contributed by atoms with Crippen molar-refractivity contribution in [1.82, 2.24) is 10.2 Å². The van der Waals surface area contributed by atoms with Crippen molar-refractivity contribution in [3.8, 4) is 5.75 Å². The van der Waals surface area contributed by atoms with Gasteiger partial charge in [0.15, 0.2) is 0 Å². The van der Waals surface area contributed by atoms with E-state index in [9.17, 15) is 13.2 Å². The van der Waals surface area contributed by atoms with Crippen LogP contribution >= 0.6 is 0 Å². The highest BCUT2D eigenvalue weighted by molar-refractivity contribution is 7.92. The van der Waals surface area contributed by atoms with Crippen molar-refractivity contribution in [1.29, 1.82) is 0 Å². The van der Waals surface area contributed by atoms with Gasteiger partial charge in [0.25, 0.3) is 5.91 Å². The van der Waals surface area contributed by atoms with Crippen molar-refractivity contribution in [2.24, 2.45) is 0 Å². The summed E-state index contributed by atoms with van der Waals surface area (Å²) in [5.41, 5.74) is 3.31. The normalized spacial score (nSPS) is 17.6. The zero-order chi connectivity index (χ0) is 22.7. The number of rotatable bonds is 7. The highest BCUT2D eigenvalue weighted by Gasteiger charge is 2.26. The van der Waals surface area contributed by atoms with E-state index in [4.69, 9.17) is 4.74 Å². The minimum Gasteiger partial charge on any atom is -0.497 e. The number of fused-ring (bicyclic) bond motifs is 1. The summed E-state index contributed by atoms with van der Waals surface area (Å²) >= 11 is 0. The molecule has 2 aliphatic heterocycles. The quantitative estimate of drug-likeness (QED) is 0.692. The number of ether oxygens (including phenoxy) is 1. The molecule has 0 unspecified atom stereocenters. The van der Waals surface area contributed by atoms with Crippen LogP contribution in [-0.4, -0.2) is 58.8 Å². The molecule has 7 nitrogen and oxygen atoms in total. The number of benzene rings is 2. The number of hydrogen-bond acceptors (Lipinski definition) is 5. The minimum atomic E-state index is -3.32. The molecule has 8 heteroatoms. The molecule has 2 aromatic rings. The lowest BCUT2D eigenvalue weighted by Gasteiger charge is -2.30. The summed E-state index contributed by atoms with van der Waals surface area (Å²) < 4.78 is 30.9.